The largest absolute Gasteiger partial charge is 0.352 e. The van der Waals surface area contributed by atoms with Crippen molar-refractivity contribution >= 4 is 5.91 Å². The van der Waals surface area contributed by atoms with Crippen LogP contribution in [-0.2, 0) is 4.79 Å². The second-order valence-corrected chi connectivity index (χ2v) is 5.80. The fraction of sp³-hybridized carbons (Fsp3) is 0.929. The van der Waals surface area contributed by atoms with Crippen LogP contribution >= 0.6 is 0 Å². The maximum atomic E-state index is 12.4. The summed E-state index contributed by atoms with van der Waals surface area (Å²) in [6.07, 6.45) is 2.66. The first-order valence-corrected chi connectivity index (χ1v) is 7.18. The van der Waals surface area contributed by atoms with Crippen molar-refractivity contribution in [1.82, 2.24) is 10.2 Å². The average Bonchev–Trinajstić information content (AvgIpc) is 2.36. The molecule has 0 bridgehead atoms. The highest BCUT2D eigenvalue weighted by Crippen LogP contribution is 2.26. The van der Waals surface area contributed by atoms with Crippen LogP contribution in [-0.4, -0.2) is 43.5 Å². The molecule has 2 atom stereocenters. The van der Waals surface area contributed by atoms with E-state index in [2.05, 4.69) is 24.2 Å². The molecule has 3 N–H and O–H groups in total. The maximum absolute atomic E-state index is 12.4. The zero-order valence-corrected chi connectivity index (χ0v) is 12.3. The third-order valence-electron chi connectivity index (χ3n) is 4.65. The number of likely N-dealkylation sites (tertiary alicyclic amines) is 1. The Bertz CT molecular complexity index is 268. The number of piperidine rings is 1. The molecule has 1 heterocycles. The van der Waals surface area contributed by atoms with Crippen molar-refractivity contribution < 1.29 is 4.79 Å². The molecule has 0 radical (unpaired) electrons. The third kappa shape index (κ3) is 3.23. The molecule has 1 amide bonds. The molecule has 4 nitrogen and oxygen atoms in total. The van der Waals surface area contributed by atoms with Crippen LogP contribution in [0.4, 0.5) is 0 Å². The topological polar surface area (TPSA) is 58.4 Å². The summed E-state index contributed by atoms with van der Waals surface area (Å²) in [5, 5.41) is 3.24. The van der Waals surface area contributed by atoms with Gasteiger partial charge in [0.1, 0.15) is 0 Å². The molecule has 106 valence electrons. The van der Waals surface area contributed by atoms with Crippen molar-refractivity contribution in [3.63, 3.8) is 0 Å². The van der Waals surface area contributed by atoms with Gasteiger partial charge in [-0.15, -0.1) is 0 Å². The van der Waals surface area contributed by atoms with Gasteiger partial charge in [0.05, 0.1) is 5.41 Å². The molecule has 2 unspecified atom stereocenters. The Morgan fingerprint density at radius 2 is 2.06 bits per heavy atom. The standard InChI is InChI=1S/C14H29N3O/c1-5-14(6-2,10-15)13(18)16-12-7-8-17(4)9-11(12)3/h11-12H,5-10,15H2,1-4H3,(H,16,18). The predicted molar refractivity (Wildman–Crippen MR) is 75.3 cm³/mol. The number of nitrogens with two attached hydrogens (primary N) is 1. The van der Waals surface area contributed by atoms with Gasteiger partial charge in [0.2, 0.25) is 5.91 Å². The van der Waals surface area contributed by atoms with Gasteiger partial charge in [0.15, 0.2) is 0 Å². The number of nitrogens with one attached hydrogen (secondary N) is 1. The van der Waals surface area contributed by atoms with Crippen LogP contribution in [0, 0.1) is 11.3 Å². The number of hydrogen-bond acceptors (Lipinski definition) is 3. The zero-order chi connectivity index (χ0) is 13.8. The summed E-state index contributed by atoms with van der Waals surface area (Å²) in [5.41, 5.74) is 5.45. The van der Waals surface area contributed by atoms with Crippen molar-refractivity contribution in [1.29, 1.82) is 0 Å². The van der Waals surface area contributed by atoms with Crippen LogP contribution in [0.25, 0.3) is 0 Å². The highest BCUT2D eigenvalue weighted by atomic mass is 16.2. The lowest BCUT2D eigenvalue weighted by atomic mass is 9.80. The molecule has 1 aliphatic heterocycles. The highest BCUT2D eigenvalue weighted by Gasteiger charge is 2.36. The molecule has 1 aliphatic rings. The minimum absolute atomic E-state index is 0.149. The highest BCUT2D eigenvalue weighted by molar-refractivity contribution is 5.83. The van der Waals surface area contributed by atoms with E-state index in [1.807, 2.05) is 13.8 Å². The Hall–Kier alpha value is -0.610. The number of carbonyl (C=O) groups excluding carboxylic acids is 1. The van der Waals surface area contributed by atoms with Gasteiger partial charge in [-0.1, -0.05) is 20.8 Å². The first-order valence-electron chi connectivity index (χ1n) is 7.18. The van der Waals surface area contributed by atoms with Gasteiger partial charge in [0, 0.05) is 19.1 Å². The van der Waals surface area contributed by atoms with Crippen LogP contribution in [0.2, 0.25) is 0 Å². The van der Waals surface area contributed by atoms with Crippen molar-refractivity contribution in [3.8, 4) is 0 Å². The van der Waals surface area contributed by atoms with Gasteiger partial charge in [-0.2, -0.15) is 0 Å². The number of hydrogen-bond donors (Lipinski definition) is 2. The molecular weight excluding hydrogens is 226 g/mol. The summed E-state index contributed by atoms with van der Waals surface area (Å²) in [4.78, 5) is 14.8. The Labute approximate surface area is 111 Å². The van der Waals surface area contributed by atoms with E-state index >= 15 is 0 Å². The Morgan fingerprint density at radius 3 is 2.50 bits per heavy atom. The molecule has 1 saturated heterocycles. The van der Waals surface area contributed by atoms with E-state index in [9.17, 15) is 4.79 Å². The minimum Gasteiger partial charge on any atom is -0.352 e. The van der Waals surface area contributed by atoms with Gasteiger partial charge < -0.3 is 16.0 Å². The molecule has 1 fully saturated rings. The first-order chi connectivity index (χ1) is 8.49. The van der Waals surface area contributed by atoms with Gasteiger partial charge in [-0.05, 0) is 38.8 Å². The van der Waals surface area contributed by atoms with Crippen molar-refractivity contribution in [2.45, 2.75) is 46.1 Å². The van der Waals surface area contributed by atoms with Crippen LogP contribution in [0.15, 0.2) is 0 Å². The van der Waals surface area contributed by atoms with E-state index in [1.54, 1.807) is 0 Å². The van der Waals surface area contributed by atoms with E-state index in [4.69, 9.17) is 5.73 Å². The van der Waals surface area contributed by atoms with Gasteiger partial charge >= 0.3 is 0 Å². The monoisotopic (exact) mass is 255 g/mol. The summed E-state index contributed by atoms with van der Waals surface area (Å²) in [7, 11) is 2.14. The molecule has 0 aromatic heterocycles. The zero-order valence-electron chi connectivity index (χ0n) is 12.3. The first kappa shape index (κ1) is 15.4. The lowest BCUT2D eigenvalue weighted by Gasteiger charge is -2.38. The van der Waals surface area contributed by atoms with Crippen molar-refractivity contribution in [2.24, 2.45) is 17.1 Å². The lowest BCUT2D eigenvalue weighted by molar-refractivity contribution is -0.132. The van der Waals surface area contributed by atoms with Crippen LogP contribution in [0.1, 0.15) is 40.0 Å². The van der Waals surface area contributed by atoms with Crippen LogP contribution in [0.3, 0.4) is 0 Å². The van der Waals surface area contributed by atoms with E-state index in [0.717, 1.165) is 32.4 Å². The van der Waals surface area contributed by atoms with Crippen LogP contribution in [0.5, 0.6) is 0 Å². The second-order valence-electron chi connectivity index (χ2n) is 5.80. The molecule has 4 heteroatoms. The molecule has 0 spiro atoms. The van der Waals surface area contributed by atoms with Crippen LogP contribution < -0.4 is 11.1 Å². The number of carbonyl (C=O) groups is 1. The van der Waals surface area contributed by atoms with E-state index in [1.165, 1.54) is 0 Å². The number of nitrogens with zero attached hydrogens (tertiary/aromatic N) is 1. The molecular formula is C14H29N3O. The summed E-state index contributed by atoms with van der Waals surface area (Å²) in [6, 6.07) is 0.303. The smallest absolute Gasteiger partial charge is 0.227 e. The molecule has 0 aromatic carbocycles. The summed E-state index contributed by atoms with van der Waals surface area (Å²) >= 11 is 0. The second kappa shape index (κ2) is 6.53. The van der Waals surface area contributed by atoms with Crippen molar-refractivity contribution in [3.05, 3.63) is 0 Å². The molecule has 0 saturated carbocycles. The Morgan fingerprint density at radius 1 is 1.44 bits per heavy atom. The van der Waals surface area contributed by atoms with Gasteiger partial charge in [0.25, 0.3) is 0 Å². The molecule has 0 aromatic rings. The minimum atomic E-state index is -0.372. The summed E-state index contributed by atoms with van der Waals surface area (Å²) in [6.45, 7) is 8.86. The Kier molecular flexibility index (Phi) is 5.60. The third-order valence-corrected chi connectivity index (χ3v) is 4.65. The fourth-order valence-corrected chi connectivity index (χ4v) is 2.84. The average molecular weight is 255 g/mol. The van der Waals surface area contributed by atoms with Gasteiger partial charge in [-0.25, -0.2) is 0 Å². The van der Waals surface area contributed by atoms with Crippen molar-refractivity contribution in [2.75, 3.05) is 26.7 Å². The summed E-state index contributed by atoms with van der Waals surface area (Å²) in [5.74, 6) is 0.660. The summed E-state index contributed by atoms with van der Waals surface area (Å²) < 4.78 is 0. The number of rotatable bonds is 5. The normalized spacial score (nSPS) is 26.1. The van der Waals surface area contributed by atoms with Gasteiger partial charge in [-0.3, -0.25) is 4.79 Å². The van der Waals surface area contributed by atoms with E-state index in [0.29, 0.717) is 18.5 Å². The number of amides is 1. The quantitative estimate of drug-likeness (QED) is 0.776. The predicted octanol–water partition coefficient (Wildman–Crippen LogP) is 1.21. The lowest BCUT2D eigenvalue weighted by Crippen LogP contribution is -2.54. The van der Waals surface area contributed by atoms with E-state index < -0.39 is 0 Å². The molecule has 18 heavy (non-hydrogen) atoms. The SMILES string of the molecule is CCC(CC)(CN)C(=O)NC1CCN(C)CC1C. The molecule has 1 rings (SSSR count). The fourth-order valence-electron chi connectivity index (χ4n) is 2.84. The maximum Gasteiger partial charge on any atom is 0.227 e. The van der Waals surface area contributed by atoms with E-state index in [-0.39, 0.29) is 11.3 Å². The molecule has 0 aliphatic carbocycles. The Balaban J connectivity index is 2.63.